The molecule has 0 aliphatic heterocycles. The van der Waals surface area contributed by atoms with Gasteiger partial charge >= 0.3 is 0 Å². The largest absolute Gasteiger partial charge is 0.339 e. The molecular weight excluding hydrogens is 320 g/mol. The maximum absolute atomic E-state index is 4.23. The van der Waals surface area contributed by atoms with Crippen molar-refractivity contribution >= 4 is 43.4 Å². The molecule has 0 saturated heterocycles. The van der Waals surface area contributed by atoms with E-state index >= 15 is 0 Å². The monoisotopic (exact) mass is 326 g/mol. The second-order valence-electron chi connectivity index (χ2n) is 2.97. The fraction of sp³-hybridized carbons (Fsp3) is 0. The van der Waals surface area contributed by atoms with Gasteiger partial charge in [0.15, 0.2) is 0 Å². The van der Waals surface area contributed by atoms with E-state index < -0.39 is 0 Å². The molecule has 2 rings (SSSR count). The molecule has 0 radical (unpaired) electrons. The van der Waals surface area contributed by atoms with Crippen molar-refractivity contribution in [3.8, 4) is 0 Å². The van der Waals surface area contributed by atoms with Crippen LogP contribution in [0.2, 0.25) is 0 Å². The number of halogens is 2. The van der Waals surface area contributed by atoms with Crippen LogP contribution in [0.25, 0.3) is 0 Å². The van der Waals surface area contributed by atoms with E-state index in [-0.39, 0.29) is 0 Å². The Labute approximate surface area is 105 Å². The van der Waals surface area contributed by atoms with Gasteiger partial charge in [0, 0.05) is 16.4 Å². The minimum atomic E-state index is 0.819. The molecule has 1 aromatic carbocycles. The Hall–Kier alpha value is -0.870. The van der Waals surface area contributed by atoms with E-state index in [2.05, 4.69) is 42.2 Å². The first kappa shape index (κ1) is 10.6. The van der Waals surface area contributed by atoms with Gasteiger partial charge in [-0.25, -0.2) is 4.98 Å². The fourth-order valence-electron chi connectivity index (χ4n) is 1.15. The fourth-order valence-corrected chi connectivity index (χ4v) is 1.77. The second kappa shape index (κ2) is 4.77. The number of hydrogen-bond donors (Lipinski definition) is 1. The van der Waals surface area contributed by atoms with Gasteiger partial charge in [-0.2, -0.15) is 0 Å². The molecule has 0 aliphatic carbocycles. The molecule has 0 amide bonds. The molecule has 15 heavy (non-hydrogen) atoms. The van der Waals surface area contributed by atoms with Crippen molar-refractivity contribution in [2.45, 2.75) is 0 Å². The van der Waals surface area contributed by atoms with Gasteiger partial charge in [-0.3, -0.25) is 0 Å². The highest BCUT2D eigenvalue weighted by molar-refractivity contribution is 9.10. The van der Waals surface area contributed by atoms with E-state index in [4.69, 9.17) is 0 Å². The van der Waals surface area contributed by atoms with Gasteiger partial charge in [0.25, 0.3) is 0 Å². The van der Waals surface area contributed by atoms with E-state index in [1.165, 1.54) is 0 Å². The van der Waals surface area contributed by atoms with Gasteiger partial charge in [-0.1, -0.05) is 15.9 Å². The number of aromatic nitrogens is 1. The van der Waals surface area contributed by atoms with Crippen molar-refractivity contribution in [3.63, 3.8) is 0 Å². The number of nitrogens with zero attached hydrogens (tertiary/aromatic N) is 1. The van der Waals surface area contributed by atoms with Crippen molar-refractivity contribution in [2.24, 2.45) is 0 Å². The Balaban J connectivity index is 2.22. The molecule has 2 aromatic rings. The van der Waals surface area contributed by atoms with E-state index in [1.54, 1.807) is 6.20 Å². The number of nitrogens with one attached hydrogen (secondary N) is 1. The summed E-state index contributed by atoms with van der Waals surface area (Å²) in [5, 5.41) is 3.22. The SMILES string of the molecule is Brc1ccc(Nc2ncccc2Br)cc1. The zero-order valence-electron chi connectivity index (χ0n) is 7.74. The lowest BCUT2D eigenvalue weighted by Gasteiger charge is -2.06. The lowest BCUT2D eigenvalue weighted by Crippen LogP contribution is -1.93. The summed E-state index contributed by atoms with van der Waals surface area (Å²) in [6, 6.07) is 11.8. The number of rotatable bonds is 2. The average Bonchev–Trinajstić information content (AvgIpc) is 2.25. The third kappa shape index (κ3) is 2.79. The predicted octanol–water partition coefficient (Wildman–Crippen LogP) is 4.35. The third-order valence-corrected chi connectivity index (χ3v) is 3.03. The highest BCUT2D eigenvalue weighted by atomic mass is 79.9. The van der Waals surface area contributed by atoms with Crippen molar-refractivity contribution in [1.82, 2.24) is 4.98 Å². The van der Waals surface area contributed by atoms with E-state index in [1.807, 2.05) is 36.4 Å². The van der Waals surface area contributed by atoms with Crippen molar-refractivity contribution in [1.29, 1.82) is 0 Å². The smallest absolute Gasteiger partial charge is 0.144 e. The normalized spacial score (nSPS) is 10.0. The minimum Gasteiger partial charge on any atom is -0.339 e. The van der Waals surface area contributed by atoms with Gasteiger partial charge < -0.3 is 5.32 Å². The van der Waals surface area contributed by atoms with Crippen LogP contribution in [0.4, 0.5) is 11.5 Å². The van der Waals surface area contributed by atoms with Crippen molar-refractivity contribution < 1.29 is 0 Å². The summed E-state index contributed by atoms with van der Waals surface area (Å²) in [4.78, 5) is 4.23. The molecule has 1 aromatic heterocycles. The van der Waals surface area contributed by atoms with E-state index in [0.717, 1.165) is 20.5 Å². The Kier molecular flexibility index (Phi) is 3.38. The van der Waals surface area contributed by atoms with Crippen LogP contribution >= 0.6 is 31.9 Å². The molecule has 1 N–H and O–H groups in total. The molecule has 2 nitrogen and oxygen atoms in total. The van der Waals surface area contributed by atoms with Gasteiger partial charge in [-0.15, -0.1) is 0 Å². The molecule has 0 bridgehead atoms. The summed E-state index contributed by atoms with van der Waals surface area (Å²) in [7, 11) is 0. The van der Waals surface area contributed by atoms with E-state index in [9.17, 15) is 0 Å². The molecule has 76 valence electrons. The Morgan fingerprint density at radius 3 is 2.40 bits per heavy atom. The van der Waals surface area contributed by atoms with Crippen molar-refractivity contribution in [2.75, 3.05) is 5.32 Å². The summed E-state index contributed by atoms with van der Waals surface area (Å²) in [6.07, 6.45) is 1.76. The minimum absolute atomic E-state index is 0.819. The summed E-state index contributed by atoms with van der Waals surface area (Å²) in [5.41, 5.74) is 1.01. The van der Waals surface area contributed by atoms with Crippen LogP contribution in [0.15, 0.2) is 51.5 Å². The van der Waals surface area contributed by atoms with Gasteiger partial charge in [0.1, 0.15) is 5.82 Å². The molecule has 4 heteroatoms. The zero-order valence-corrected chi connectivity index (χ0v) is 10.9. The number of pyridine rings is 1. The maximum Gasteiger partial charge on any atom is 0.144 e. The van der Waals surface area contributed by atoms with Crippen LogP contribution in [0, 0.1) is 0 Å². The molecule has 0 unspecified atom stereocenters. The second-order valence-corrected chi connectivity index (χ2v) is 4.74. The van der Waals surface area contributed by atoms with Gasteiger partial charge in [0.05, 0.1) is 4.47 Å². The molecule has 0 saturated carbocycles. The Morgan fingerprint density at radius 2 is 1.73 bits per heavy atom. The number of benzene rings is 1. The van der Waals surface area contributed by atoms with Crippen LogP contribution in [0.3, 0.4) is 0 Å². The first-order chi connectivity index (χ1) is 7.25. The summed E-state index contributed by atoms with van der Waals surface area (Å²) in [5.74, 6) is 0.819. The van der Waals surface area contributed by atoms with Gasteiger partial charge in [-0.05, 0) is 52.3 Å². The summed E-state index contributed by atoms with van der Waals surface area (Å²) in [6.45, 7) is 0. The van der Waals surface area contributed by atoms with Crippen LogP contribution in [-0.4, -0.2) is 4.98 Å². The van der Waals surface area contributed by atoms with Crippen LogP contribution < -0.4 is 5.32 Å². The topological polar surface area (TPSA) is 24.9 Å². The summed E-state index contributed by atoms with van der Waals surface area (Å²) >= 11 is 6.83. The summed E-state index contributed by atoms with van der Waals surface area (Å²) < 4.78 is 2.01. The lowest BCUT2D eigenvalue weighted by atomic mass is 10.3. The molecular formula is C11H8Br2N2. The quantitative estimate of drug-likeness (QED) is 0.887. The average molecular weight is 328 g/mol. The Bertz CT molecular complexity index is 454. The molecule has 1 heterocycles. The highest BCUT2D eigenvalue weighted by Crippen LogP contribution is 2.23. The predicted molar refractivity (Wildman–Crippen MR) is 69.4 cm³/mol. The number of anilines is 2. The van der Waals surface area contributed by atoms with E-state index in [0.29, 0.717) is 0 Å². The molecule has 0 spiro atoms. The molecule has 0 fully saturated rings. The van der Waals surface area contributed by atoms with Gasteiger partial charge in [0.2, 0.25) is 0 Å². The highest BCUT2D eigenvalue weighted by Gasteiger charge is 1.99. The number of hydrogen-bond acceptors (Lipinski definition) is 2. The van der Waals surface area contributed by atoms with Crippen LogP contribution in [-0.2, 0) is 0 Å². The van der Waals surface area contributed by atoms with Crippen LogP contribution in [0.5, 0.6) is 0 Å². The third-order valence-electron chi connectivity index (χ3n) is 1.87. The zero-order chi connectivity index (χ0) is 10.7. The van der Waals surface area contributed by atoms with Crippen LogP contribution in [0.1, 0.15) is 0 Å². The lowest BCUT2D eigenvalue weighted by molar-refractivity contribution is 1.29. The first-order valence-corrected chi connectivity index (χ1v) is 5.97. The maximum atomic E-state index is 4.23. The standard InChI is InChI=1S/C11H8Br2N2/c12-8-3-5-9(6-4-8)15-11-10(13)2-1-7-14-11/h1-7H,(H,14,15). The Morgan fingerprint density at radius 1 is 1.00 bits per heavy atom. The molecule has 0 aliphatic rings. The molecule has 0 atom stereocenters. The first-order valence-electron chi connectivity index (χ1n) is 4.39. The van der Waals surface area contributed by atoms with Crippen molar-refractivity contribution in [3.05, 3.63) is 51.5 Å².